The second-order valence-corrected chi connectivity index (χ2v) is 8.94. The largest absolute Gasteiger partial charge is 0.333 e. The van der Waals surface area contributed by atoms with Crippen molar-refractivity contribution in [2.24, 2.45) is 0 Å². The van der Waals surface area contributed by atoms with Crippen molar-refractivity contribution in [3.8, 4) is 22.2 Å². The molecule has 5 aromatic rings. The van der Waals surface area contributed by atoms with E-state index >= 15 is 0 Å². The predicted molar refractivity (Wildman–Crippen MR) is 123 cm³/mol. The van der Waals surface area contributed by atoms with Crippen LogP contribution < -0.4 is 0 Å². The summed E-state index contributed by atoms with van der Waals surface area (Å²) < 4.78 is 7.46. The van der Waals surface area contributed by atoms with Crippen LogP contribution in [0.1, 0.15) is 11.4 Å². The molecule has 5 rings (SSSR count). The Kier molecular flexibility index (Phi) is 5.84. The summed E-state index contributed by atoms with van der Waals surface area (Å²) in [5.74, 6) is 2.39. The van der Waals surface area contributed by atoms with Gasteiger partial charge < -0.3 is 4.52 Å². The van der Waals surface area contributed by atoms with Gasteiger partial charge in [-0.3, -0.25) is 4.57 Å². The molecule has 0 bridgehead atoms. The summed E-state index contributed by atoms with van der Waals surface area (Å²) in [4.78, 5) is 5.45. The number of halogens is 1. The zero-order valence-electron chi connectivity index (χ0n) is 16.2. The fraction of sp³-hybridized carbons (Fsp3) is 0.0909. The lowest BCUT2D eigenvalue weighted by Crippen LogP contribution is -2.04. The molecular weight excluding hydrogens is 450 g/mol. The lowest BCUT2D eigenvalue weighted by atomic mass is 10.2. The molecule has 0 aliphatic heterocycles. The number of nitrogens with zero attached hydrogens (tertiary/aromatic N) is 5. The highest BCUT2D eigenvalue weighted by Gasteiger charge is 2.18. The molecule has 0 N–H and O–H groups in total. The number of aromatic nitrogens is 5. The monoisotopic (exact) mass is 465 g/mol. The van der Waals surface area contributed by atoms with Gasteiger partial charge in [-0.25, -0.2) is 0 Å². The first-order chi connectivity index (χ1) is 15.3. The highest BCUT2D eigenvalue weighted by Crippen LogP contribution is 2.31. The Hall–Kier alpha value is -2.94. The zero-order valence-corrected chi connectivity index (χ0v) is 18.6. The van der Waals surface area contributed by atoms with E-state index < -0.39 is 0 Å². The van der Waals surface area contributed by atoms with Crippen molar-refractivity contribution >= 4 is 34.7 Å². The number of hydrogen-bond acceptors (Lipinski definition) is 7. The van der Waals surface area contributed by atoms with Crippen LogP contribution in [0.2, 0.25) is 5.02 Å². The molecule has 0 spiro atoms. The maximum atomic E-state index is 6.45. The third-order valence-corrected chi connectivity index (χ3v) is 6.70. The van der Waals surface area contributed by atoms with Crippen LogP contribution in [0.15, 0.2) is 81.8 Å². The normalized spacial score (nSPS) is 11.1. The molecule has 2 aromatic carbocycles. The van der Waals surface area contributed by atoms with Gasteiger partial charge in [0.05, 0.1) is 22.2 Å². The van der Waals surface area contributed by atoms with Crippen LogP contribution in [0.5, 0.6) is 0 Å². The second kappa shape index (κ2) is 9.05. The molecule has 154 valence electrons. The molecule has 0 fully saturated rings. The minimum atomic E-state index is 0.518. The number of thioether (sulfide) groups is 1. The van der Waals surface area contributed by atoms with E-state index in [-0.39, 0.29) is 0 Å². The molecule has 0 radical (unpaired) electrons. The van der Waals surface area contributed by atoms with Crippen LogP contribution in [0.4, 0.5) is 0 Å². The molecule has 0 atom stereocenters. The third-order valence-electron chi connectivity index (χ3n) is 4.55. The average molecular weight is 466 g/mol. The van der Waals surface area contributed by atoms with Gasteiger partial charge in [0.15, 0.2) is 16.8 Å². The van der Waals surface area contributed by atoms with E-state index in [1.807, 2.05) is 60.0 Å². The Morgan fingerprint density at radius 2 is 1.81 bits per heavy atom. The predicted octanol–water partition coefficient (Wildman–Crippen LogP) is 6.05. The molecule has 3 aromatic heterocycles. The molecule has 9 heteroatoms. The lowest BCUT2D eigenvalue weighted by molar-refractivity contribution is 0.426. The number of benzene rings is 2. The van der Waals surface area contributed by atoms with Crippen LogP contribution in [0.3, 0.4) is 0 Å². The van der Waals surface area contributed by atoms with Gasteiger partial charge in [0.25, 0.3) is 5.89 Å². The van der Waals surface area contributed by atoms with Crippen LogP contribution >= 0.6 is 34.7 Å². The molecular formula is C22H16ClN5OS2. The van der Waals surface area contributed by atoms with Gasteiger partial charge in [0.1, 0.15) is 0 Å². The summed E-state index contributed by atoms with van der Waals surface area (Å²) >= 11 is 9.53. The highest BCUT2D eigenvalue weighted by molar-refractivity contribution is 7.98. The first kappa shape index (κ1) is 20.0. The Labute approximate surface area is 191 Å². The fourth-order valence-electron chi connectivity index (χ4n) is 3.09. The molecule has 0 saturated heterocycles. The number of hydrogen-bond donors (Lipinski definition) is 0. The van der Waals surface area contributed by atoms with E-state index in [0.29, 0.717) is 29.0 Å². The first-order valence-electron chi connectivity index (χ1n) is 9.49. The van der Waals surface area contributed by atoms with Gasteiger partial charge in [-0.05, 0) is 29.1 Å². The maximum absolute atomic E-state index is 6.45. The fourth-order valence-corrected chi connectivity index (χ4v) is 4.73. The van der Waals surface area contributed by atoms with Crippen molar-refractivity contribution < 1.29 is 4.52 Å². The Balaban J connectivity index is 1.43. The van der Waals surface area contributed by atoms with Crippen LogP contribution in [-0.2, 0) is 12.3 Å². The van der Waals surface area contributed by atoms with Crippen molar-refractivity contribution in [2.45, 2.75) is 17.5 Å². The Morgan fingerprint density at radius 1 is 0.968 bits per heavy atom. The highest BCUT2D eigenvalue weighted by atomic mass is 35.5. The van der Waals surface area contributed by atoms with Crippen molar-refractivity contribution in [2.75, 3.05) is 0 Å². The summed E-state index contributed by atoms with van der Waals surface area (Å²) in [7, 11) is 0. The van der Waals surface area contributed by atoms with Gasteiger partial charge in [0.2, 0.25) is 0 Å². The standard InChI is InChI=1S/C22H16ClN5OS2/c23-17-10-5-4-9-16(17)20-25-26-22(28(20)13-15-7-2-1-3-8-15)31-14-19-24-21(29-27-19)18-11-6-12-30-18/h1-12H,13-14H2. The van der Waals surface area contributed by atoms with E-state index in [0.717, 1.165) is 27.0 Å². The second-order valence-electron chi connectivity index (χ2n) is 6.64. The Bertz CT molecular complexity index is 1280. The van der Waals surface area contributed by atoms with Crippen molar-refractivity contribution in [3.63, 3.8) is 0 Å². The van der Waals surface area contributed by atoms with Crippen molar-refractivity contribution in [3.05, 3.63) is 88.5 Å². The minimum Gasteiger partial charge on any atom is -0.333 e. The van der Waals surface area contributed by atoms with Gasteiger partial charge in [-0.2, -0.15) is 4.98 Å². The Morgan fingerprint density at radius 3 is 2.61 bits per heavy atom. The number of rotatable bonds is 7. The SMILES string of the molecule is Clc1ccccc1-c1nnc(SCc2noc(-c3cccs3)n2)n1Cc1ccccc1. The molecule has 0 amide bonds. The summed E-state index contributed by atoms with van der Waals surface area (Å²) in [6, 6.07) is 21.8. The van der Waals surface area contributed by atoms with Crippen molar-refractivity contribution in [1.29, 1.82) is 0 Å². The summed E-state index contributed by atoms with van der Waals surface area (Å²) in [6.45, 7) is 0.628. The van der Waals surface area contributed by atoms with E-state index in [4.69, 9.17) is 16.1 Å². The maximum Gasteiger partial charge on any atom is 0.268 e. The summed E-state index contributed by atoms with van der Waals surface area (Å²) in [6.07, 6.45) is 0. The molecule has 0 aliphatic rings. The van der Waals surface area contributed by atoms with E-state index in [2.05, 4.69) is 37.0 Å². The first-order valence-corrected chi connectivity index (χ1v) is 11.7. The molecule has 3 heterocycles. The molecule has 31 heavy (non-hydrogen) atoms. The van der Waals surface area contributed by atoms with E-state index in [1.165, 1.54) is 11.8 Å². The van der Waals surface area contributed by atoms with Crippen LogP contribution in [-0.4, -0.2) is 24.9 Å². The van der Waals surface area contributed by atoms with Gasteiger partial charge in [-0.15, -0.1) is 21.5 Å². The molecule has 6 nitrogen and oxygen atoms in total. The van der Waals surface area contributed by atoms with Gasteiger partial charge in [0, 0.05) is 5.56 Å². The molecule has 0 aliphatic carbocycles. The number of thiophene rings is 1. The molecule has 0 saturated carbocycles. The van der Waals surface area contributed by atoms with E-state index in [1.54, 1.807) is 11.3 Å². The summed E-state index contributed by atoms with van der Waals surface area (Å²) in [5.41, 5.74) is 2.00. The van der Waals surface area contributed by atoms with Crippen LogP contribution in [0, 0.1) is 0 Å². The topological polar surface area (TPSA) is 69.6 Å². The smallest absolute Gasteiger partial charge is 0.268 e. The average Bonchev–Trinajstić information content (AvgIpc) is 3.55. The van der Waals surface area contributed by atoms with Crippen molar-refractivity contribution in [1.82, 2.24) is 24.9 Å². The minimum absolute atomic E-state index is 0.518. The lowest BCUT2D eigenvalue weighted by Gasteiger charge is -2.11. The van der Waals surface area contributed by atoms with Gasteiger partial charge in [-0.1, -0.05) is 77.1 Å². The van der Waals surface area contributed by atoms with E-state index in [9.17, 15) is 0 Å². The van der Waals surface area contributed by atoms with Gasteiger partial charge >= 0.3 is 0 Å². The summed E-state index contributed by atoms with van der Waals surface area (Å²) in [5, 5.41) is 16.4. The quantitative estimate of drug-likeness (QED) is 0.272. The zero-order chi connectivity index (χ0) is 21.0. The molecule has 0 unspecified atom stereocenters. The third kappa shape index (κ3) is 4.41. The van der Waals surface area contributed by atoms with Crippen LogP contribution in [0.25, 0.3) is 22.2 Å².